The fourth-order valence-electron chi connectivity index (χ4n) is 2.31. The maximum Gasteiger partial charge on any atom is 0.224 e. The van der Waals surface area contributed by atoms with Gasteiger partial charge in [-0.2, -0.15) is 0 Å². The van der Waals surface area contributed by atoms with Crippen LogP contribution in [0.2, 0.25) is 0 Å². The highest BCUT2D eigenvalue weighted by Crippen LogP contribution is 2.20. The van der Waals surface area contributed by atoms with Gasteiger partial charge in [-0.1, -0.05) is 42.5 Å². The molecule has 2 N–H and O–H groups in total. The van der Waals surface area contributed by atoms with Crippen molar-refractivity contribution in [2.45, 2.75) is 12.8 Å². The molecule has 2 aromatic carbocycles. The van der Waals surface area contributed by atoms with E-state index in [1.807, 2.05) is 36.4 Å². The molecule has 1 amide bonds. The second kappa shape index (κ2) is 7.37. The Kier molecular flexibility index (Phi) is 4.81. The first-order valence-electron chi connectivity index (χ1n) is 7.66. The summed E-state index contributed by atoms with van der Waals surface area (Å²) in [6.07, 6.45) is 4.22. The van der Waals surface area contributed by atoms with Gasteiger partial charge < -0.3 is 10.4 Å². The van der Waals surface area contributed by atoms with Crippen LogP contribution in [0, 0.1) is 0 Å². The summed E-state index contributed by atoms with van der Waals surface area (Å²) >= 11 is 0. The molecule has 0 atom stereocenters. The number of benzene rings is 2. The number of nitrogens with zero attached hydrogens (tertiary/aromatic N) is 2. The van der Waals surface area contributed by atoms with Crippen LogP contribution in [0.15, 0.2) is 67.0 Å². The lowest BCUT2D eigenvalue weighted by molar-refractivity contribution is -0.116. The fraction of sp³-hybridized carbons (Fsp3) is 0.105. The van der Waals surface area contributed by atoms with Crippen LogP contribution < -0.4 is 5.32 Å². The molecule has 24 heavy (non-hydrogen) atoms. The minimum Gasteiger partial charge on any atom is -0.508 e. The van der Waals surface area contributed by atoms with Crippen molar-refractivity contribution >= 4 is 11.6 Å². The number of aromatic hydroxyl groups is 1. The van der Waals surface area contributed by atoms with Gasteiger partial charge >= 0.3 is 0 Å². The van der Waals surface area contributed by atoms with Crippen LogP contribution in [0.3, 0.4) is 0 Å². The average molecular weight is 319 g/mol. The van der Waals surface area contributed by atoms with E-state index in [0.29, 0.717) is 24.4 Å². The minimum atomic E-state index is -0.0763. The van der Waals surface area contributed by atoms with Crippen molar-refractivity contribution in [2.75, 3.05) is 5.32 Å². The summed E-state index contributed by atoms with van der Waals surface area (Å²) in [5, 5.41) is 12.3. The van der Waals surface area contributed by atoms with Gasteiger partial charge in [-0.25, -0.2) is 9.97 Å². The van der Waals surface area contributed by atoms with Crippen molar-refractivity contribution in [3.63, 3.8) is 0 Å². The second-order valence-electron chi connectivity index (χ2n) is 5.38. The fourth-order valence-corrected chi connectivity index (χ4v) is 2.31. The molecule has 0 radical (unpaired) electrons. The maximum atomic E-state index is 12.0. The van der Waals surface area contributed by atoms with Gasteiger partial charge in [-0.15, -0.1) is 0 Å². The summed E-state index contributed by atoms with van der Waals surface area (Å²) < 4.78 is 0. The van der Waals surface area contributed by atoms with E-state index in [4.69, 9.17) is 0 Å². The Morgan fingerprint density at radius 2 is 1.75 bits per heavy atom. The van der Waals surface area contributed by atoms with E-state index in [9.17, 15) is 9.90 Å². The van der Waals surface area contributed by atoms with Crippen LogP contribution in [0.1, 0.15) is 12.0 Å². The Morgan fingerprint density at radius 3 is 2.46 bits per heavy atom. The second-order valence-corrected chi connectivity index (χ2v) is 5.38. The van der Waals surface area contributed by atoms with Gasteiger partial charge in [0.15, 0.2) is 5.82 Å². The van der Waals surface area contributed by atoms with Gasteiger partial charge in [-0.3, -0.25) is 4.79 Å². The van der Waals surface area contributed by atoms with Gasteiger partial charge in [0.05, 0.1) is 18.1 Å². The first kappa shape index (κ1) is 15.7. The number of aromatic nitrogens is 2. The molecule has 0 aliphatic heterocycles. The largest absolute Gasteiger partial charge is 0.508 e. The van der Waals surface area contributed by atoms with Crippen molar-refractivity contribution in [1.29, 1.82) is 0 Å². The molecule has 1 aromatic heterocycles. The number of hydrogen-bond donors (Lipinski definition) is 2. The highest BCUT2D eigenvalue weighted by atomic mass is 16.3. The number of carbonyl (C=O) groups is 1. The molecule has 0 unspecified atom stereocenters. The Morgan fingerprint density at radius 1 is 1.00 bits per heavy atom. The van der Waals surface area contributed by atoms with Crippen LogP contribution >= 0.6 is 0 Å². The molecule has 0 saturated heterocycles. The molecule has 0 aliphatic carbocycles. The number of amides is 1. The first-order valence-corrected chi connectivity index (χ1v) is 7.66. The molecule has 5 nitrogen and oxygen atoms in total. The molecule has 0 fully saturated rings. The number of hydrogen-bond acceptors (Lipinski definition) is 4. The SMILES string of the molecule is O=C(CCc1ccccc1)Nc1cnc(-c2cccc(O)c2)nc1. The summed E-state index contributed by atoms with van der Waals surface area (Å²) in [4.78, 5) is 20.4. The third kappa shape index (κ3) is 4.16. The smallest absolute Gasteiger partial charge is 0.224 e. The third-order valence-corrected chi connectivity index (χ3v) is 3.52. The summed E-state index contributed by atoms with van der Waals surface area (Å²) in [6, 6.07) is 16.6. The summed E-state index contributed by atoms with van der Waals surface area (Å²) in [7, 11) is 0. The quantitative estimate of drug-likeness (QED) is 0.755. The highest BCUT2D eigenvalue weighted by molar-refractivity contribution is 5.90. The number of rotatable bonds is 5. The normalized spacial score (nSPS) is 10.3. The number of nitrogens with one attached hydrogen (secondary N) is 1. The Bertz CT molecular complexity index is 818. The maximum absolute atomic E-state index is 12.0. The zero-order chi connectivity index (χ0) is 16.8. The molecule has 5 heteroatoms. The van der Waals surface area contributed by atoms with Crippen LogP contribution in [0.4, 0.5) is 5.69 Å². The lowest BCUT2D eigenvalue weighted by atomic mass is 10.1. The van der Waals surface area contributed by atoms with Crippen LogP contribution in [-0.2, 0) is 11.2 Å². The van der Waals surface area contributed by atoms with Gasteiger partial charge in [0, 0.05) is 12.0 Å². The van der Waals surface area contributed by atoms with Crippen LogP contribution in [-0.4, -0.2) is 21.0 Å². The Labute approximate surface area is 140 Å². The first-order chi connectivity index (χ1) is 11.7. The predicted octanol–water partition coefficient (Wildman–Crippen LogP) is 3.42. The molecule has 0 bridgehead atoms. The zero-order valence-corrected chi connectivity index (χ0v) is 13.0. The summed E-state index contributed by atoms with van der Waals surface area (Å²) in [5.41, 5.74) is 2.40. The predicted molar refractivity (Wildman–Crippen MR) is 92.5 cm³/mol. The number of phenols is 1. The lowest BCUT2D eigenvalue weighted by Gasteiger charge is -2.06. The van der Waals surface area contributed by atoms with E-state index < -0.39 is 0 Å². The average Bonchev–Trinajstić information content (AvgIpc) is 2.61. The van der Waals surface area contributed by atoms with Crippen LogP contribution in [0.25, 0.3) is 11.4 Å². The molecule has 3 rings (SSSR count). The molecular formula is C19H17N3O2. The van der Waals surface area contributed by atoms with E-state index in [1.165, 1.54) is 0 Å². The van der Waals surface area contributed by atoms with E-state index in [0.717, 1.165) is 11.1 Å². The van der Waals surface area contributed by atoms with Crippen LogP contribution in [0.5, 0.6) is 5.75 Å². The van der Waals surface area contributed by atoms with Crippen molar-refractivity contribution < 1.29 is 9.90 Å². The molecule has 0 spiro atoms. The van der Waals surface area contributed by atoms with E-state index in [2.05, 4.69) is 15.3 Å². The molecule has 0 aliphatic rings. The monoisotopic (exact) mass is 319 g/mol. The summed E-state index contributed by atoms with van der Waals surface area (Å²) in [6.45, 7) is 0. The minimum absolute atomic E-state index is 0.0763. The molecule has 120 valence electrons. The van der Waals surface area contributed by atoms with Crippen molar-refractivity contribution in [3.05, 3.63) is 72.6 Å². The molecular weight excluding hydrogens is 302 g/mol. The third-order valence-electron chi connectivity index (χ3n) is 3.52. The topological polar surface area (TPSA) is 75.1 Å². The number of carbonyl (C=O) groups excluding carboxylic acids is 1. The number of aryl methyl sites for hydroxylation is 1. The van der Waals surface area contributed by atoms with Crippen molar-refractivity contribution in [1.82, 2.24) is 9.97 Å². The lowest BCUT2D eigenvalue weighted by Crippen LogP contribution is -2.12. The van der Waals surface area contributed by atoms with Crippen molar-refractivity contribution in [2.24, 2.45) is 0 Å². The molecule has 1 heterocycles. The van der Waals surface area contributed by atoms with Gasteiger partial charge in [-0.05, 0) is 24.1 Å². The van der Waals surface area contributed by atoms with Gasteiger partial charge in [0.25, 0.3) is 0 Å². The van der Waals surface area contributed by atoms with Crippen molar-refractivity contribution in [3.8, 4) is 17.1 Å². The van der Waals surface area contributed by atoms with E-state index >= 15 is 0 Å². The number of phenolic OH excluding ortho intramolecular Hbond substituents is 1. The van der Waals surface area contributed by atoms with E-state index in [1.54, 1.807) is 30.6 Å². The molecule has 3 aromatic rings. The standard InChI is InChI=1S/C19H17N3O2/c23-17-8-4-7-15(11-17)19-20-12-16(13-21-19)22-18(24)10-9-14-5-2-1-3-6-14/h1-8,11-13,23H,9-10H2,(H,22,24). The Balaban J connectivity index is 1.58. The molecule has 0 saturated carbocycles. The van der Waals surface area contributed by atoms with E-state index in [-0.39, 0.29) is 11.7 Å². The summed E-state index contributed by atoms with van der Waals surface area (Å²) in [5.74, 6) is 0.579. The Hall–Kier alpha value is -3.21. The van der Waals surface area contributed by atoms with Gasteiger partial charge in [0.2, 0.25) is 5.91 Å². The zero-order valence-electron chi connectivity index (χ0n) is 13.0. The van der Waals surface area contributed by atoms with Gasteiger partial charge in [0.1, 0.15) is 5.75 Å². The highest BCUT2D eigenvalue weighted by Gasteiger charge is 2.06. The number of anilines is 1.